The van der Waals surface area contributed by atoms with Crippen LogP contribution in [0.3, 0.4) is 0 Å². The molecule has 0 radical (unpaired) electrons. The lowest BCUT2D eigenvalue weighted by Crippen LogP contribution is -2.20. The number of halogens is 1. The van der Waals surface area contributed by atoms with Crippen LogP contribution in [0, 0.1) is 0 Å². The van der Waals surface area contributed by atoms with E-state index in [0.29, 0.717) is 22.3 Å². The van der Waals surface area contributed by atoms with Gasteiger partial charge in [0, 0.05) is 31.4 Å². The third-order valence-electron chi connectivity index (χ3n) is 4.54. The normalized spacial score (nSPS) is 13.4. The van der Waals surface area contributed by atoms with E-state index in [1.54, 1.807) is 11.3 Å². The number of thiophene rings is 1. The van der Waals surface area contributed by atoms with Crippen LogP contribution >= 0.6 is 27.3 Å². The van der Waals surface area contributed by atoms with Crippen molar-refractivity contribution in [3.05, 3.63) is 80.6 Å². The van der Waals surface area contributed by atoms with Crippen LogP contribution < -0.4 is 0 Å². The van der Waals surface area contributed by atoms with Crippen LogP contribution in [0.5, 0.6) is 0 Å². The Morgan fingerprint density at radius 3 is 2.21 bits per heavy atom. The average Bonchev–Trinajstić information content (AvgIpc) is 3.05. The zero-order valence-electron chi connectivity index (χ0n) is 12.3. The van der Waals surface area contributed by atoms with E-state index >= 15 is 0 Å². The molecule has 114 valence electrons. The number of rotatable bonds is 0. The van der Waals surface area contributed by atoms with E-state index in [4.69, 9.17) is 0 Å². The lowest BCUT2D eigenvalue weighted by molar-refractivity contribution is 0.0979. The van der Waals surface area contributed by atoms with E-state index in [9.17, 15) is 9.59 Å². The van der Waals surface area contributed by atoms with Gasteiger partial charge in [0.05, 0.1) is 0 Å². The Balaban J connectivity index is 1.86. The van der Waals surface area contributed by atoms with Crippen LogP contribution in [0.2, 0.25) is 0 Å². The predicted molar refractivity (Wildman–Crippen MR) is 100 cm³/mol. The second-order valence-electron chi connectivity index (χ2n) is 5.87. The van der Waals surface area contributed by atoms with Gasteiger partial charge in [0.25, 0.3) is 0 Å². The first-order valence-electron chi connectivity index (χ1n) is 7.46. The van der Waals surface area contributed by atoms with Gasteiger partial charge in [-0.05, 0) is 57.9 Å². The highest BCUT2D eigenvalue weighted by Gasteiger charge is 2.30. The maximum Gasteiger partial charge on any atom is 0.194 e. The molecule has 2 nitrogen and oxygen atoms in total. The monoisotopic (exact) mass is 392 g/mol. The van der Waals surface area contributed by atoms with Gasteiger partial charge < -0.3 is 0 Å². The zero-order valence-corrected chi connectivity index (χ0v) is 14.7. The summed E-state index contributed by atoms with van der Waals surface area (Å²) in [5.74, 6) is -0.151. The molecule has 0 amide bonds. The molecular weight excluding hydrogens is 384 g/mol. The number of hydrogen-bond acceptors (Lipinski definition) is 3. The van der Waals surface area contributed by atoms with Gasteiger partial charge in [-0.1, -0.05) is 28.1 Å². The van der Waals surface area contributed by atoms with Gasteiger partial charge >= 0.3 is 0 Å². The summed E-state index contributed by atoms with van der Waals surface area (Å²) in [5.41, 5.74) is 2.00. The second kappa shape index (κ2) is 4.85. The van der Waals surface area contributed by atoms with Crippen molar-refractivity contribution in [3.8, 4) is 0 Å². The Morgan fingerprint density at radius 2 is 1.42 bits per heavy atom. The maximum absolute atomic E-state index is 13.0. The average molecular weight is 393 g/mol. The molecule has 0 saturated heterocycles. The molecule has 4 heteroatoms. The number of carbonyl (C=O) groups is 2. The summed E-state index contributed by atoms with van der Waals surface area (Å²) in [6.07, 6.45) is 0. The van der Waals surface area contributed by atoms with Gasteiger partial charge in [-0.25, -0.2) is 0 Å². The van der Waals surface area contributed by atoms with Crippen LogP contribution in [0.25, 0.3) is 20.9 Å². The summed E-state index contributed by atoms with van der Waals surface area (Å²) in [6, 6.07) is 15.1. The minimum absolute atomic E-state index is 0.0745. The van der Waals surface area contributed by atoms with E-state index in [1.165, 1.54) is 0 Å². The first-order valence-corrected chi connectivity index (χ1v) is 9.14. The van der Waals surface area contributed by atoms with Crippen molar-refractivity contribution >= 4 is 59.7 Å². The Hall–Kier alpha value is -2.30. The SMILES string of the molecule is O=C1c2cc3ccsc3cc2C(=O)c2cc3c(Br)cccc3cc21. The standard InChI is InChI=1S/C20H9BrO2S/c21-17-3-1-2-10-6-13-15(8-12(10)17)20(23)16-9-18-11(4-5-24-18)7-14(16)19(13)22/h1-9H. The number of ketones is 2. The molecule has 0 N–H and O–H groups in total. The highest BCUT2D eigenvalue weighted by atomic mass is 79.9. The zero-order chi connectivity index (χ0) is 16.4. The molecule has 0 atom stereocenters. The van der Waals surface area contributed by atoms with Crippen molar-refractivity contribution in [2.45, 2.75) is 0 Å². The number of fused-ring (bicyclic) bond motifs is 4. The van der Waals surface area contributed by atoms with Gasteiger partial charge in [-0.3, -0.25) is 9.59 Å². The third kappa shape index (κ3) is 1.81. The fourth-order valence-corrected chi connectivity index (χ4v) is 4.64. The van der Waals surface area contributed by atoms with Crippen molar-refractivity contribution in [2.24, 2.45) is 0 Å². The Labute approximate surface area is 149 Å². The van der Waals surface area contributed by atoms with Crippen LogP contribution in [0.4, 0.5) is 0 Å². The van der Waals surface area contributed by atoms with Crippen LogP contribution in [-0.2, 0) is 0 Å². The Kier molecular flexibility index (Phi) is 2.84. The molecule has 5 rings (SSSR count). The molecule has 0 unspecified atom stereocenters. The fraction of sp³-hybridized carbons (Fsp3) is 0. The van der Waals surface area contributed by atoms with Gasteiger partial charge in [0.1, 0.15) is 0 Å². The van der Waals surface area contributed by atoms with E-state index in [2.05, 4.69) is 15.9 Å². The molecule has 0 aliphatic heterocycles. The second-order valence-corrected chi connectivity index (χ2v) is 7.68. The number of hydrogen-bond donors (Lipinski definition) is 0. The molecule has 1 aliphatic rings. The molecule has 4 aromatic rings. The highest BCUT2D eigenvalue weighted by molar-refractivity contribution is 9.10. The molecule has 0 bridgehead atoms. The molecule has 24 heavy (non-hydrogen) atoms. The van der Waals surface area contributed by atoms with Crippen molar-refractivity contribution < 1.29 is 9.59 Å². The van der Waals surface area contributed by atoms with Gasteiger partial charge in [0.15, 0.2) is 11.6 Å². The summed E-state index contributed by atoms with van der Waals surface area (Å²) in [7, 11) is 0. The molecule has 1 aliphatic carbocycles. The van der Waals surface area contributed by atoms with E-state index in [0.717, 1.165) is 25.3 Å². The minimum atomic E-state index is -0.0763. The molecule has 0 fully saturated rings. The molecule has 3 aromatic carbocycles. The maximum atomic E-state index is 13.0. The number of benzene rings is 3. The van der Waals surface area contributed by atoms with Crippen molar-refractivity contribution in [1.29, 1.82) is 0 Å². The predicted octanol–water partition coefficient (Wildman–Crippen LogP) is 5.59. The third-order valence-corrected chi connectivity index (χ3v) is 6.11. The van der Waals surface area contributed by atoms with Crippen LogP contribution in [0.15, 0.2) is 58.4 Å². The molecule has 1 heterocycles. The van der Waals surface area contributed by atoms with E-state index in [1.807, 2.05) is 53.9 Å². The summed E-state index contributed by atoms with van der Waals surface area (Å²) >= 11 is 5.10. The summed E-state index contributed by atoms with van der Waals surface area (Å²) < 4.78 is 1.95. The highest BCUT2D eigenvalue weighted by Crippen LogP contribution is 2.35. The molecular formula is C20H9BrO2S. The molecule has 1 aromatic heterocycles. The molecule has 0 spiro atoms. The van der Waals surface area contributed by atoms with Crippen LogP contribution in [-0.4, -0.2) is 11.6 Å². The molecule has 0 saturated carbocycles. The fourth-order valence-electron chi connectivity index (χ4n) is 3.34. The summed E-state index contributed by atoms with van der Waals surface area (Å²) in [6.45, 7) is 0. The lowest BCUT2D eigenvalue weighted by Gasteiger charge is -2.18. The Bertz CT molecular complexity index is 1200. The quantitative estimate of drug-likeness (QED) is 0.344. The van der Waals surface area contributed by atoms with Crippen LogP contribution in [0.1, 0.15) is 31.8 Å². The first-order chi connectivity index (χ1) is 11.6. The lowest BCUT2D eigenvalue weighted by atomic mass is 9.82. The van der Waals surface area contributed by atoms with Crippen molar-refractivity contribution in [1.82, 2.24) is 0 Å². The summed E-state index contributed by atoms with van der Waals surface area (Å²) in [4.78, 5) is 26.0. The largest absolute Gasteiger partial charge is 0.289 e. The van der Waals surface area contributed by atoms with E-state index in [-0.39, 0.29) is 11.6 Å². The number of carbonyl (C=O) groups excluding carboxylic acids is 2. The van der Waals surface area contributed by atoms with Gasteiger partial charge in [-0.15, -0.1) is 11.3 Å². The first kappa shape index (κ1) is 14.1. The van der Waals surface area contributed by atoms with E-state index < -0.39 is 0 Å². The van der Waals surface area contributed by atoms with Gasteiger partial charge in [-0.2, -0.15) is 0 Å². The van der Waals surface area contributed by atoms with Crippen molar-refractivity contribution in [2.75, 3.05) is 0 Å². The topological polar surface area (TPSA) is 34.1 Å². The summed E-state index contributed by atoms with van der Waals surface area (Å²) in [5, 5.41) is 4.87. The van der Waals surface area contributed by atoms with Crippen molar-refractivity contribution in [3.63, 3.8) is 0 Å². The van der Waals surface area contributed by atoms with Gasteiger partial charge in [0.2, 0.25) is 0 Å². The minimum Gasteiger partial charge on any atom is -0.289 e. The smallest absolute Gasteiger partial charge is 0.194 e. The Morgan fingerprint density at radius 1 is 0.750 bits per heavy atom.